The SMILES string of the molecule is CCNC(=NCc1ncnn1C)NCCN1C(=O)C2C3C=CC(C3)C2C1=O.I. The molecule has 3 aliphatic rings. The van der Waals surface area contributed by atoms with E-state index in [1.165, 1.54) is 11.2 Å². The first-order valence-corrected chi connectivity index (χ1v) is 9.48. The molecule has 1 saturated carbocycles. The first-order valence-electron chi connectivity index (χ1n) is 9.48. The van der Waals surface area contributed by atoms with Crippen molar-refractivity contribution in [2.24, 2.45) is 35.7 Å². The molecule has 4 rings (SSSR count). The van der Waals surface area contributed by atoms with Crippen LogP contribution in [-0.2, 0) is 23.2 Å². The maximum atomic E-state index is 12.7. The number of rotatable bonds is 6. The zero-order chi connectivity index (χ0) is 19.0. The molecular formula is C18H26IN7O2. The van der Waals surface area contributed by atoms with Gasteiger partial charge in [-0.1, -0.05) is 12.2 Å². The van der Waals surface area contributed by atoms with Crippen LogP contribution in [0.1, 0.15) is 19.2 Å². The van der Waals surface area contributed by atoms with Gasteiger partial charge in [-0.3, -0.25) is 19.2 Å². The van der Waals surface area contributed by atoms with E-state index in [4.69, 9.17) is 0 Å². The highest BCUT2D eigenvalue weighted by Gasteiger charge is 2.58. The van der Waals surface area contributed by atoms with Gasteiger partial charge in [-0.15, -0.1) is 24.0 Å². The third kappa shape index (κ3) is 3.65. The van der Waals surface area contributed by atoms with Crippen molar-refractivity contribution in [1.82, 2.24) is 30.3 Å². The van der Waals surface area contributed by atoms with Gasteiger partial charge in [0.25, 0.3) is 0 Å². The number of halogens is 1. The number of carbonyl (C=O) groups is 2. The Hall–Kier alpha value is -1.98. The minimum atomic E-state index is -0.134. The average Bonchev–Trinajstić information content (AvgIpc) is 3.41. The Morgan fingerprint density at radius 1 is 1.21 bits per heavy atom. The predicted molar refractivity (Wildman–Crippen MR) is 114 cm³/mol. The number of nitrogens with zero attached hydrogens (tertiary/aromatic N) is 5. The summed E-state index contributed by atoms with van der Waals surface area (Å²) in [7, 11) is 1.82. The maximum Gasteiger partial charge on any atom is 0.233 e. The summed E-state index contributed by atoms with van der Waals surface area (Å²) in [6.45, 7) is 3.91. The van der Waals surface area contributed by atoms with E-state index in [-0.39, 0.29) is 59.5 Å². The standard InChI is InChI=1S/C18H25N7O2.HI/c1-3-19-18(21-9-13-22-10-23-24(13)2)20-6-7-25-16(26)14-11-4-5-12(8-11)15(14)17(25)27;/h4-5,10-12,14-15H,3,6-9H2,1-2H3,(H2,19,20,21);1H. The summed E-state index contributed by atoms with van der Waals surface area (Å²) in [5, 5.41) is 10.4. The molecular weight excluding hydrogens is 473 g/mol. The lowest BCUT2D eigenvalue weighted by molar-refractivity contribution is -0.140. The van der Waals surface area contributed by atoms with Crippen LogP contribution < -0.4 is 10.6 Å². The van der Waals surface area contributed by atoms with Crippen LogP contribution in [0.4, 0.5) is 0 Å². The topological polar surface area (TPSA) is 105 Å². The second-order valence-electron chi connectivity index (χ2n) is 7.25. The van der Waals surface area contributed by atoms with Crippen molar-refractivity contribution in [3.8, 4) is 0 Å². The third-order valence-corrected chi connectivity index (χ3v) is 5.72. The second-order valence-corrected chi connectivity index (χ2v) is 7.25. The molecule has 9 nitrogen and oxygen atoms in total. The van der Waals surface area contributed by atoms with E-state index in [1.54, 1.807) is 4.68 Å². The number of aryl methyl sites for hydroxylation is 1. The monoisotopic (exact) mass is 499 g/mol. The van der Waals surface area contributed by atoms with Gasteiger partial charge in [-0.2, -0.15) is 5.10 Å². The smallest absolute Gasteiger partial charge is 0.233 e. The van der Waals surface area contributed by atoms with Crippen molar-refractivity contribution in [1.29, 1.82) is 0 Å². The molecule has 4 unspecified atom stereocenters. The van der Waals surface area contributed by atoms with Gasteiger partial charge < -0.3 is 10.6 Å². The van der Waals surface area contributed by atoms with Crippen molar-refractivity contribution < 1.29 is 9.59 Å². The number of allylic oxidation sites excluding steroid dienone is 2. The molecule has 0 aromatic carbocycles. The summed E-state index contributed by atoms with van der Waals surface area (Å²) in [5.41, 5.74) is 0. The van der Waals surface area contributed by atoms with Crippen LogP contribution in [0, 0.1) is 23.7 Å². The van der Waals surface area contributed by atoms with E-state index < -0.39 is 0 Å². The molecule has 2 aliphatic carbocycles. The quantitative estimate of drug-likeness (QED) is 0.192. The van der Waals surface area contributed by atoms with Gasteiger partial charge >= 0.3 is 0 Å². The number of hydrogen-bond acceptors (Lipinski definition) is 5. The lowest BCUT2D eigenvalue weighted by atomic mass is 9.85. The summed E-state index contributed by atoms with van der Waals surface area (Å²) >= 11 is 0. The molecule has 1 saturated heterocycles. The Morgan fingerprint density at radius 3 is 2.46 bits per heavy atom. The van der Waals surface area contributed by atoms with Crippen LogP contribution in [0.15, 0.2) is 23.5 Å². The van der Waals surface area contributed by atoms with E-state index in [9.17, 15) is 9.59 Å². The third-order valence-electron chi connectivity index (χ3n) is 5.72. The maximum absolute atomic E-state index is 12.7. The normalized spacial score (nSPS) is 27.9. The van der Waals surface area contributed by atoms with E-state index in [2.05, 4.69) is 37.9 Å². The second kappa shape index (κ2) is 8.58. The summed E-state index contributed by atoms with van der Waals surface area (Å²) in [5.74, 6) is 1.60. The summed E-state index contributed by atoms with van der Waals surface area (Å²) in [4.78, 5) is 35.4. The summed E-state index contributed by atoms with van der Waals surface area (Å²) in [6, 6.07) is 0. The average molecular weight is 499 g/mol. The Labute approximate surface area is 181 Å². The van der Waals surface area contributed by atoms with Gasteiger partial charge in [0, 0.05) is 26.7 Å². The van der Waals surface area contributed by atoms with Crippen molar-refractivity contribution in [3.63, 3.8) is 0 Å². The Kier molecular flexibility index (Phi) is 6.36. The minimum Gasteiger partial charge on any atom is -0.357 e. The summed E-state index contributed by atoms with van der Waals surface area (Å²) < 4.78 is 1.68. The van der Waals surface area contributed by atoms with Crippen LogP contribution in [0.25, 0.3) is 0 Å². The van der Waals surface area contributed by atoms with Crippen LogP contribution >= 0.6 is 24.0 Å². The van der Waals surface area contributed by atoms with E-state index >= 15 is 0 Å². The number of aliphatic imine (C=N–C) groups is 1. The van der Waals surface area contributed by atoms with Crippen LogP contribution in [0.3, 0.4) is 0 Å². The molecule has 2 amide bonds. The molecule has 2 bridgehead atoms. The van der Waals surface area contributed by atoms with Gasteiger partial charge in [0.1, 0.15) is 18.7 Å². The minimum absolute atomic E-state index is 0. The Bertz CT molecular complexity index is 776. The van der Waals surface area contributed by atoms with Gasteiger partial charge in [0.15, 0.2) is 5.96 Å². The molecule has 152 valence electrons. The zero-order valence-corrected chi connectivity index (χ0v) is 18.4. The van der Waals surface area contributed by atoms with Crippen molar-refractivity contribution in [3.05, 3.63) is 24.3 Å². The van der Waals surface area contributed by atoms with Gasteiger partial charge in [0.05, 0.1) is 11.8 Å². The number of likely N-dealkylation sites (tertiary alicyclic amines) is 1. The van der Waals surface area contributed by atoms with Crippen molar-refractivity contribution in [2.45, 2.75) is 19.9 Å². The highest BCUT2D eigenvalue weighted by Crippen LogP contribution is 2.52. The number of nitrogens with one attached hydrogen (secondary N) is 2. The number of hydrogen-bond donors (Lipinski definition) is 2. The molecule has 2 heterocycles. The lowest BCUT2D eigenvalue weighted by Gasteiger charge is -2.18. The molecule has 1 aliphatic heterocycles. The molecule has 1 aromatic rings. The van der Waals surface area contributed by atoms with Gasteiger partial charge in [-0.25, -0.2) is 9.98 Å². The van der Waals surface area contributed by atoms with E-state index in [0.29, 0.717) is 32.1 Å². The molecule has 10 heteroatoms. The molecule has 2 N–H and O–H groups in total. The van der Waals surface area contributed by atoms with E-state index in [0.717, 1.165) is 12.2 Å². The zero-order valence-electron chi connectivity index (χ0n) is 16.0. The summed E-state index contributed by atoms with van der Waals surface area (Å²) in [6.07, 6.45) is 6.68. The highest BCUT2D eigenvalue weighted by atomic mass is 127. The fraction of sp³-hybridized carbons (Fsp3) is 0.611. The largest absolute Gasteiger partial charge is 0.357 e. The molecule has 0 radical (unpaired) electrons. The molecule has 2 fully saturated rings. The van der Waals surface area contributed by atoms with Gasteiger partial charge in [0.2, 0.25) is 11.8 Å². The number of guanidine groups is 1. The molecule has 4 atom stereocenters. The van der Waals surface area contributed by atoms with Crippen molar-refractivity contribution in [2.75, 3.05) is 19.6 Å². The number of carbonyl (C=O) groups excluding carboxylic acids is 2. The lowest BCUT2D eigenvalue weighted by Crippen LogP contribution is -2.43. The Morgan fingerprint density at radius 2 is 1.89 bits per heavy atom. The predicted octanol–water partition coefficient (Wildman–Crippen LogP) is 0.295. The first kappa shape index (κ1) is 20.7. The van der Waals surface area contributed by atoms with Crippen LogP contribution in [-0.4, -0.2) is 57.1 Å². The fourth-order valence-corrected chi connectivity index (χ4v) is 4.43. The van der Waals surface area contributed by atoms with Crippen LogP contribution in [0.5, 0.6) is 0 Å². The van der Waals surface area contributed by atoms with Crippen LogP contribution in [0.2, 0.25) is 0 Å². The number of imide groups is 1. The molecule has 1 aromatic heterocycles. The van der Waals surface area contributed by atoms with Crippen molar-refractivity contribution >= 4 is 41.8 Å². The first-order chi connectivity index (χ1) is 13.1. The molecule has 28 heavy (non-hydrogen) atoms. The fourth-order valence-electron chi connectivity index (χ4n) is 4.43. The Balaban J connectivity index is 0.00000225. The number of fused-ring (bicyclic) bond motifs is 5. The highest BCUT2D eigenvalue weighted by molar-refractivity contribution is 14.0. The number of amides is 2. The van der Waals surface area contributed by atoms with Gasteiger partial charge in [-0.05, 0) is 25.2 Å². The van der Waals surface area contributed by atoms with E-state index in [1.807, 2.05) is 14.0 Å². The number of aromatic nitrogens is 3. The molecule has 0 spiro atoms.